The molecule has 0 saturated carbocycles. The molecular formula is C30H32BFN8O3. The number of anilines is 2. The highest BCUT2D eigenvalue weighted by Crippen LogP contribution is 2.30. The molecule has 13 heteroatoms. The van der Waals surface area contributed by atoms with Crippen molar-refractivity contribution in [1.29, 1.82) is 0 Å². The van der Waals surface area contributed by atoms with Crippen molar-refractivity contribution in [3.63, 3.8) is 0 Å². The minimum atomic E-state index is -0.688. The average Bonchev–Trinajstić information content (AvgIpc) is 3.35. The maximum absolute atomic E-state index is 15.3. The highest BCUT2D eigenvalue weighted by molar-refractivity contribution is 6.04. The number of nitrogens with zero attached hydrogens (tertiary/aromatic N) is 7. The van der Waals surface area contributed by atoms with Crippen LogP contribution in [0.3, 0.4) is 0 Å². The molecule has 5 heterocycles. The Kier molecular flexibility index (Phi) is 7.01. The van der Waals surface area contributed by atoms with Crippen molar-refractivity contribution in [2.75, 3.05) is 11.9 Å². The van der Waals surface area contributed by atoms with Gasteiger partial charge in [0.25, 0.3) is 11.1 Å². The van der Waals surface area contributed by atoms with Gasteiger partial charge in [0.15, 0.2) is 19.6 Å². The number of aliphatic hydroxyl groups is 1. The van der Waals surface area contributed by atoms with Crippen molar-refractivity contribution >= 4 is 30.3 Å². The number of rotatable bonds is 5. The van der Waals surface area contributed by atoms with Gasteiger partial charge in [-0.05, 0) is 40.8 Å². The lowest BCUT2D eigenvalue weighted by Crippen LogP contribution is -2.31. The van der Waals surface area contributed by atoms with Gasteiger partial charge in [0.05, 0.1) is 30.4 Å². The fourth-order valence-corrected chi connectivity index (χ4v) is 5.45. The number of benzene rings is 1. The average molecular weight is 582 g/mol. The number of aryl methyl sites for hydroxylation is 1. The summed E-state index contributed by atoms with van der Waals surface area (Å²) in [6.45, 7) is 7.82. The summed E-state index contributed by atoms with van der Waals surface area (Å²) in [4.78, 5) is 33.2. The Morgan fingerprint density at radius 1 is 1.12 bits per heavy atom. The molecule has 6 rings (SSSR count). The molecule has 0 fully saturated rings. The van der Waals surface area contributed by atoms with E-state index in [0.29, 0.717) is 33.6 Å². The summed E-state index contributed by atoms with van der Waals surface area (Å²) in [6.07, 6.45) is 4.56. The molecule has 5 aromatic rings. The van der Waals surface area contributed by atoms with Gasteiger partial charge in [-0.25, -0.2) is 9.37 Å². The number of pyridine rings is 2. The Morgan fingerprint density at radius 3 is 2.65 bits per heavy atom. The Labute approximate surface area is 247 Å². The van der Waals surface area contributed by atoms with E-state index in [9.17, 15) is 14.7 Å². The smallest absolute Gasteiger partial charge is 0.283 e. The maximum atomic E-state index is 15.3. The lowest BCUT2D eigenvalue weighted by atomic mass is 9.86. The molecule has 0 bridgehead atoms. The minimum Gasteiger partial charge on any atom is -0.392 e. The van der Waals surface area contributed by atoms with E-state index < -0.39 is 18.0 Å². The van der Waals surface area contributed by atoms with Gasteiger partial charge in [-0.2, -0.15) is 14.9 Å². The first-order valence-corrected chi connectivity index (χ1v) is 14.0. The Hall–Kier alpha value is -4.62. The summed E-state index contributed by atoms with van der Waals surface area (Å²) < 4.78 is 19.7. The molecule has 0 amide bonds. The first-order chi connectivity index (χ1) is 20.4. The van der Waals surface area contributed by atoms with E-state index in [1.807, 2.05) is 39.5 Å². The SMILES string of the molecule is BN1CCn2nc(Nc3cc(-c4ccnc(-n5ncc6cc(C(C)(C)C)cc(F)c6c5=O)c4CO)cn(C)c3=O)cc2C1. The number of fused-ring (bicyclic) bond motifs is 2. The molecule has 0 aliphatic carbocycles. The van der Waals surface area contributed by atoms with Crippen LogP contribution in [0.5, 0.6) is 0 Å². The van der Waals surface area contributed by atoms with Crippen LogP contribution in [0.2, 0.25) is 0 Å². The predicted molar refractivity (Wildman–Crippen MR) is 165 cm³/mol. The zero-order valence-electron chi connectivity index (χ0n) is 24.7. The third kappa shape index (κ3) is 5.14. The van der Waals surface area contributed by atoms with E-state index in [-0.39, 0.29) is 22.2 Å². The second kappa shape index (κ2) is 10.6. The number of hydrogen-bond acceptors (Lipinski definition) is 8. The molecule has 220 valence electrons. The monoisotopic (exact) mass is 582 g/mol. The molecule has 11 nitrogen and oxygen atoms in total. The molecule has 0 saturated heterocycles. The maximum Gasteiger partial charge on any atom is 0.283 e. The van der Waals surface area contributed by atoms with Gasteiger partial charge in [-0.15, -0.1) is 0 Å². The van der Waals surface area contributed by atoms with Crippen molar-refractivity contribution in [2.45, 2.75) is 45.9 Å². The highest BCUT2D eigenvalue weighted by Gasteiger charge is 2.22. The minimum absolute atomic E-state index is 0.0699. The number of aromatic nitrogens is 6. The number of nitrogens with one attached hydrogen (secondary N) is 1. The summed E-state index contributed by atoms with van der Waals surface area (Å²) in [5, 5.41) is 22.8. The topological polar surface area (TPSA) is 123 Å². The Balaban J connectivity index is 1.44. The van der Waals surface area contributed by atoms with E-state index in [1.54, 1.807) is 31.4 Å². The molecule has 0 unspecified atom stereocenters. The van der Waals surface area contributed by atoms with Crippen LogP contribution in [-0.2, 0) is 32.2 Å². The Bertz CT molecular complexity index is 2010. The van der Waals surface area contributed by atoms with Gasteiger partial charge in [0.1, 0.15) is 11.5 Å². The summed E-state index contributed by atoms with van der Waals surface area (Å²) in [6, 6.07) is 8.43. The molecule has 2 N–H and O–H groups in total. The third-order valence-corrected chi connectivity index (χ3v) is 7.84. The first-order valence-electron chi connectivity index (χ1n) is 14.0. The second-order valence-electron chi connectivity index (χ2n) is 12.0. The summed E-state index contributed by atoms with van der Waals surface area (Å²) >= 11 is 0. The first kappa shape index (κ1) is 28.5. The number of aliphatic hydroxyl groups excluding tert-OH is 1. The van der Waals surface area contributed by atoms with Gasteiger partial charge in [0, 0.05) is 55.1 Å². The van der Waals surface area contributed by atoms with E-state index >= 15 is 4.39 Å². The highest BCUT2D eigenvalue weighted by atomic mass is 19.1. The summed E-state index contributed by atoms with van der Waals surface area (Å²) in [5.74, 6) is -0.0203. The van der Waals surface area contributed by atoms with Gasteiger partial charge in [-0.3, -0.25) is 14.3 Å². The number of hydrogen-bond donors (Lipinski definition) is 2. The van der Waals surface area contributed by atoms with Crippen LogP contribution in [-0.4, -0.2) is 53.6 Å². The third-order valence-electron chi connectivity index (χ3n) is 7.84. The van der Waals surface area contributed by atoms with Gasteiger partial charge >= 0.3 is 0 Å². The van der Waals surface area contributed by atoms with Crippen LogP contribution in [0, 0.1) is 5.82 Å². The van der Waals surface area contributed by atoms with Gasteiger partial charge in [-0.1, -0.05) is 20.8 Å². The second-order valence-corrected chi connectivity index (χ2v) is 12.0. The fraction of sp³-hybridized carbons (Fsp3) is 0.300. The molecule has 1 aliphatic rings. The zero-order chi connectivity index (χ0) is 30.6. The molecular weight excluding hydrogens is 550 g/mol. The molecule has 4 aromatic heterocycles. The molecule has 0 radical (unpaired) electrons. The number of halogens is 1. The van der Waals surface area contributed by atoms with Crippen molar-refractivity contribution < 1.29 is 9.50 Å². The van der Waals surface area contributed by atoms with Crippen LogP contribution >= 0.6 is 0 Å². The lowest BCUT2D eigenvalue weighted by molar-refractivity contribution is 0.281. The van der Waals surface area contributed by atoms with Crippen molar-refractivity contribution in [3.8, 4) is 16.9 Å². The standard InChI is InChI=1S/C30H32BFN8O3/c1-30(2,3)19-9-17-13-34-40(29(43)26(17)23(32)11-19)27-22(16-41)21(5-6-33-27)18-10-24(28(42)37(4)14-18)35-25-12-20-15-38(31)7-8-39(20)36-25/h5-6,9-14,41H,7-8,15-16,31H2,1-4H3,(H,35,36). The van der Waals surface area contributed by atoms with Crippen LogP contribution in [0.1, 0.15) is 37.6 Å². The van der Waals surface area contributed by atoms with Gasteiger partial charge in [0.2, 0.25) is 0 Å². The van der Waals surface area contributed by atoms with Crippen LogP contribution in [0.15, 0.2) is 58.5 Å². The van der Waals surface area contributed by atoms with Crippen LogP contribution < -0.4 is 16.4 Å². The molecule has 0 atom stereocenters. The van der Waals surface area contributed by atoms with E-state index in [0.717, 1.165) is 35.6 Å². The van der Waals surface area contributed by atoms with Crippen LogP contribution in [0.25, 0.3) is 27.7 Å². The zero-order valence-corrected chi connectivity index (χ0v) is 24.7. The molecule has 1 aromatic carbocycles. The quantitative estimate of drug-likeness (QED) is 0.303. The predicted octanol–water partition coefficient (Wildman–Crippen LogP) is 2.38. The normalized spacial score (nSPS) is 13.8. The van der Waals surface area contributed by atoms with Crippen LogP contribution in [0.4, 0.5) is 15.9 Å². The fourth-order valence-electron chi connectivity index (χ4n) is 5.45. The van der Waals surface area contributed by atoms with Crippen molar-refractivity contribution in [3.05, 3.63) is 92.3 Å². The Morgan fingerprint density at radius 2 is 1.91 bits per heavy atom. The van der Waals surface area contributed by atoms with Gasteiger partial charge < -0.3 is 19.8 Å². The van der Waals surface area contributed by atoms with Crippen molar-refractivity contribution in [2.24, 2.45) is 7.05 Å². The largest absolute Gasteiger partial charge is 0.392 e. The van der Waals surface area contributed by atoms with E-state index in [1.165, 1.54) is 23.0 Å². The molecule has 43 heavy (non-hydrogen) atoms. The summed E-state index contributed by atoms with van der Waals surface area (Å²) in [5.41, 5.74) is 2.25. The lowest BCUT2D eigenvalue weighted by Gasteiger charge is -2.23. The molecule has 1 aliphatic heterocycles. The molecule has 0 spiro atoms. The summed E-state index contributed by atoms with van der Waals surface area (Å²) in [7, 11) is 3.68. The van der Waals surface area contributed by atoms with E-state index in [4.69, 9.17) is 0 Å². The van der Waals surface area contributed by atoms with Crippen molar-refractivity contribution in [1.82, 2.24) is 33.9 Å². The van der Waals surface area contributed by atoms with E-state index in [2.05, 4.69) is 25.3 Å².